The van der Waals surface area contributed by atoms with Gasteiger partial charge in [-0.1, -0.05) is 59.3 Å². The van der Waals surface area contributed by atoms with E-state index in [9.17, 15) is 66.4 Å². The maximum absolute atomic E-state index is 12.1. The molecule has 0 bridgehead atoms. The number of allylic oxidation sites excluding steroid dienone is 3. The number of aliphatic hydroxyl groups is 13. The van der Waals surface area contributed by atoms with Gasteiger partial charge in [-0.05, 0) is 85.0 Å². The van der Waals surface area contributed by atoms with Crippen molar-refractivity contribution in [2.24, 2.45) is 44.3 Å². The second kappa shape index (κ2) is 18.6. The summed E-state index contributed by atoms with van der Waals surface area (Å²) in [6, 6.07) is 0. The van der Waals surface area contributed by atoms with Gasteiger partial charge >= 0.3 is 0 Å². The van der Waals surface area contributed by atoms with Crippen LogP contribution in [-0.2, 0) is 28.4 Å². The molecule has 3 saturated heterocycles. The van der Waals surface area contributed by atoms with E-state index in [0.717, 1.165) is 25.7 Å². The van der Waals surface area contributed by atoms with Crippen molar-refractivity contribution in [3.8, 4) is 0 Å². The zero-order chi connectivity index (χ0) is 49.0. The van der Waals surface area contributed by atoms with E-state index in [1.807, 2.05) is 6.92 Å². The Morgan fingerprint density at radius 3 is 1.81 bits per heavy atom. The van der Waals surface area contributed by atoms with Gasteiger partial charge in [-0.25, -0.2) is 0 Å². The summed E-state index contributed by atoms with van der Waals surface area (Å²) in [6.45, 7) is 10.9. The van der Waals surface area contributed by atoms with Crippen LogP contribution in [0.5, 0.6) is 0 Å². The maximum Gasteiger partial charge on any atom is 0.187 e. The summed E-state index contributed by atoms with van der Waals surface area (Å²) in [5.74, 6) is -0.0749. The van der Waals surface area contributed by atoms with E-state index in [-0.39, 0.29) is 41.3 Å². The van der Waals surface area contributed by atoms with Crippen molar-refractivity contribution in [2.75, 3.05) is 33.0 Å². The Kier molecular flexibility index (Phi) is 14.5. The van der Waals surface area contributed by atoms with Crippen LogP contribution in [0.2, 0.25) is 0 Å². The molecule has 3 saturated carbocycles. The first-order valence-electron chi connectivity index (χ1n) is 24.3. The van der Waals surface area contributed by atoms with E-state index >= 15 is 0 Å². The standard InChI is InChI=1S/C48H78O19/c1-43(2)13-14-48(21-52)23(15-43)22-7-8-28-44(3)11-10-30(45(4,20-51)27(44)9-12-46(28,5)47(22,6)16-29(48)53)66-41-38(61)35(58)39(67-42-37(60)34(57)32(55)25(18-50)64-42)26(65-41)19-62-40-36(59)33(56)31(54)24(17-49)63-40/h7-8,24-42,49-61H,9-21H2,1-6H3/t24-,25-,26-,27-,28-,29+,30+,31-,32-,33+,34+,35-,36-,37-,38-,39-,40-,41+,42+,44+,45+,46-,47-,48-/m1/s1. The third-order valence-corrected chi connectivity index (χ3v) is 19.0. The smallest absolute Gasteiger partial charge is 0.187 e. The Balaban J connectivity index is 1.06. The molecule has 3 heterocycles. The van der Waals surface area contributed by atoms with E-state index < -0.39 is 140 Å². The zero-order valence-electron chi connectivity index (χ0n) is 39.6. The van der Waals surface area contributed by atoms with Gasteiger partial charge in [0.2, 0.25) is 0 Å². The molecule has 0 aromatic heterocycles. The van der Waals surface area contributed by atoms with Crippen LogP contribution in [0.4, 0.5) is 0 Å². The van der Waals surface area contributed by atoms with Crippen molar-refractivity contribution in [1.82, 2.24) is 0 Å². The van der Waals surface area contributed by atoms with Gasteiger partial charge in [-0.15, -0.1) is 0 Å². The van der Waals surface area contributed by atoms with Gasteiger partial charge in [0, 0.05) is 16.2 Å². The van der Waals surface area contributed by atoms with Crippen molar-refractivity contribution in [3.05, 3.63) is 23.3 Å². The fraction of sp³-hybridized carbons (Fsp3) is 0.917. The molecule has 8 rings (SSSR count). The van der Waals surface area contributed by atoms with Crippen LogP contribution in [-0.4, -0.2) is 204 Å². The van der Waals surface area contributed by atoms with Gasteiger partial charge in [-0.2, -0.15) is 0 Å². The average Bonchev–Trinajstić information content (AvgIpc) is 3.29. The second-order valence-corrected chi connectivity index (χ2v) is 23.1. The third-order valence-electron chi connectivity index (χ3n) is 19.0. The topological polar surface area (TPSA) is 318 Å². The molecule has 19 nitrogen and oxygen atoms in total. The summed E-state index contributed by atoms with van der Waals surface area (Å²) in [5.41, 5.74) is -0.186. The lowest BCUT2D eigenvalue weighted by Gasteiger charge is -2.70. The number of fused-ring (bicyclic) bond motifs is 6. The minimum atomic E-state index is -1.90. The van der Waals surface area contributed by atoms with Gasteiger partial charge in [-0.3, -0.25) is 0 Å². The SMILES string of the molecule is CC1(C)CC[C@@]2(CO)C(=C3C=C[C@@H]4[C@@]5(C)CC[C@H](O[C@@H]6O[C@H](CO[C@@H]7O[C@H](CO)[C@@H](O)[C@H](O)[C@H]7O)[C@@H](O[C@@H]7O[C@H](CO)[C@@H](O)[C@H](O)[C@H]7O)[C@H](O)[C@H]6O)[C@@](C)(CO)[C@@H]5CC[C@@]4(C)[C@]3(C)C[C@@H]2O)C1. The molecule has 0 spiro atoms. The molecule has 0 unspecified atom stereocenters. The van der Waals surface area contributed by atoms with E-state index in [0.29, 0.717) is 25.7 Å². The molecule has 24 atom stereocenters. The van der Waals surface area contributed by atoms with Crippen LogP contribution in [0.1, 0.15) is 92.9 Å². The van der Waals surface area contributed by atoms with Crippen molar-refractivity contribution in [2.45, 2.75) is 197 Å². The molecule has 0 amide bonds. The molecule has 19 heteroatoms. The van der Waals surface area contributed by atoms with E-state index in [1.165, 1.54) is 11.1 Å². The van der Waals surface area contributed by atoms with Crippen LogP contribution in [0.25, 0.3) is 0 Å². The molecule has 0 aromatic rings. The minimum absolute atomic E-state index is 0.0246. The van der Waals surface area contributed by atoms with Crippen molar-refractivity contribution in [3.63, 3.8) is 0 Å². The molecule has 6 fully saturated rings. The average molecular weight is 959 g/mol. The Labute approximate surface area is 391 Å². The number of rotatable bonds is 11. The quantitative estimate of drug-likeness (QED) is 0.105. The molecule has 5 aliphatic carbocycles. The summed E-state index contributed by atoms with van der Waals surface area (Å²) >= 11 is 0. The number of aliphatic hydroxyl groups excluding tert-OH is 13. The Hall–Kier alpha value is -1.28. The number of ether oxygens (including phenoxy) is 6. The third kappa shape index (κ3) is 8.15. The first-order chi connectivity index (χ1) is 31.4. The molecular formula is C48H78O19. The predicted octanol–water partition coefficient (Wildman–Crippen LogP) is -1.52. The van der Waals surface area contributed by atoms with Crippen molar-refractivity contribution in [1.29, 1.82) is 0 Å². The van der Waals surface area contributed by atoms with Gasteiger partial charge in [0.25, 0.3) is 0 Å². The highest BCUT2D eigenvalue weighted by Crippen LogP contribution is 2.74. The summed E-state index contributed by atoms with van der Waals surface area (Å²) < 4.78 is 35.8. The summed E-state index contributed by atoms with van der Waals surface area (Å²) in [4.78, 5) is 0. The first kappa shape index (κ1) is 52.1. The molecule has 8 aliphatic rings. The van der Waals surface area contributed by atoms with Gasteiger partial charge in [0.05, 0.1) is 45.2 Å². The van der Waals surface area contributed by atoms with Crippen molar-refractivity contribution >= 4 is 0 Å². The van der Waals surface area contributed by atoms with E-state index in [4.69, 9.17) is 28.4 Å². The van der Waals surface area contributed by atoms with Gasteiger partial charge in [0.1, 0.15) is 73.2 Å². The molecule has 13 N–H and O–H groups in total. The predicted molar refractivity (Wildman–Crippen MR) is 233 cm³/mol. The second-order valence-electron chi connectivity index (χ2n) is 23.1. The van der Waals surface area contributed by atoms with Crippen LogP contribution in [0.15, 0.2) is 23.3 Å². The molecule has 0 aromatic carbocycles. The first-order valence-corrected chi connectivity index (χ1v) is 24.3. The van der Waals surface area contributed by atoms with E-state index in [2.05, 4.69) is 46.8 Å². The Morgan fingerprint density at radius 1 is 0.612 bits per heavy atom. The molecule has 3 aliphatic heterocycles. The maximum atomic E-state index is 12.1. The Morgan fingerprint density at radius 2 is 1.19 bits per heavy atom. The lowest BCUT2D eigenvalue weighted by atomic mass is 9.35. The molecule has 384 valence electrons. The highest BCUT2D eigenvalue weighted by molar-refractivity contribution is 5.47. The Bertz CT molecular complexity index is 1830. The van der Waals surface area contributed by atoms with Crippen LogP contribution in [0, 0.1) is 44.3 Å². The highest BCUT2D eigenvalue weighted by atomic mass is 16.8. The fourth-order valence-electron chi connectivity index (χ4n) is 14.5. The number of hydrogen-bond donors (Lipinski definition) is 13. The van der Waals surface area contributed by atoms with Crippen LogP contribution in [0.3, 0.4) is 0 Å². The largest absolute Gasteiger partial charge is 0.396 e. The van der Waals surface area contributed by atoms with Crippen LogP contribution >= 0.6 is 0 Å². The molecule has 67 heavy (non-hydrogen) atoms. The molecule has 0 radical (unpaired) electrons. The fourth-order valence-corrected chi connectivity index (χ4v) is 14.5. The lowest BCUT2D eigenvalue weighted by molar-refractivity contribution is -0.376. The zero-order valence-corrected chi connectivity index (χ0v) is 39.6. The van der Waals surface area contributed by atoms with Crippen LogP contribution < -0.4 is 0 Å². The minimum Gasteiger partial charge on any atom is -0.396 e. The van der Waals surface area contributed by atoms with Gasteiger partial charge < -0.3 is 94.8 Å². The highest BCUT2D eigenvalue weighted by Gasteiger charge is 2.69. The van der Waals surface area contributed by atoms with E-state index in [1.54, 1.807) is 0 Å². The monoisotopic (exact) mass is 959 g/mol. The van der Waals surface area contributed by atoms with Gasteiger partial charge in [0.15, 0.2) is 18.9 Å². The summed E-state index contributed by atoms with van der Waals surface area (Å²) in [7, 11) is 0. The van der Waals surface area contributed by atoms with Crippen molar-refractivity contribution < 1.29 is 94.8 Å². The summed E-state index contributed by atoms with van der Waals surface area (Å²) in [5, 5.41) is 141. The number of hydrogen-bond acceptors (Lipinski definition) is 19. The molecular weight excluding hydrogens is 881 g/mol. The lowest BCUT2D eigenvalue weighted by Crippen LogP contribution is -2.67. The summed E-state index contributed by atoms with van der Waals surface area (Å²) in [6.07, 6.45) is -16.5. The normalized spacial score (nSPS) is 54.2.